The largest absolute Gasteiger partial charge is 0.479 e. The fourth-order valence-corrected chi connectivity index (χ4v) is 1.86. The van der Waals surface area contributed by atoms with Gasteiger partial charge in [0, 0.05) is 17.8 Å². The minimum absolute atomic E-state index is 0.00547. The van der Waals surface area contributed by atoms with Gasteiger partial charge in [0.05, 0.1) is 0 Å². The summed E-state index contributed by atoms with van der Waals surface area (Å²) < 4.78 is 13.0. The Balaban J connectivity index is 2.33. The van der Waals surface area contributed by atoms with Crippen molar-refractivity contribution in [2.45, 2.75) is 12.5 Å². The molecule has 1 aromatic carbocycles. The molecule has 0 bridgehead atoms. The number of halogens is 1. The van der Waals surface area contributed by atoms with Gasteiger partial charge < -0.3 is 10.4 Å². The Labute approximate surface area is 120 Å². The zero-order valence-electron chi connectivity index (χ0n) is 11.2. The van der Waals surface area contributed by atoms with Gasteiger partial charge in [-0.05, 0) is 18.6 Å². The van der Waals surface area contributed by atoms with Gasteiger partial charge in [-0.1, -0.05) is 30.3 Å². The molecule has 0 saturated heterocycles. The van der Waals surface area contributed by atoms with E-state index in [1.54, 1.807) is 30.3 Å². The molecule has 2 rings (SSSR count). The number of hydrogen-bond donors (Lipinski definition) is 2. The van der Waals surface area contributed by atoms with Crippen molar-refractivity contribution >= 4 is 11.9 Å². The van der Waals surface area contributed by atoms with Crippen molar-refractivity contribution in [2.24, 2.45) is 0 Å². The number of carboxylic acid groups (broad SMARTS) is 1. The van der Waals surface area contributed by atoms with Crippen molar-refractivity contribution in [3.8, 4) is 0 Å². The standard InChI is InChI=1S/C15H13FN2O3/c1-15(14(20)21,11-5-3-2-4-6-11)18-13(19)10-7-8-17-12(16)9-10/h2-9H,1H3,(H,18,19)(H,20,21). The van der Waals surface area contributed by atoms with Gasteiger partial charge in [0.1, 0.15) is 0 Å². The summed E-state index contributed by atoms with van der Waals surface area (Å²) in [7, 11) is 0. The van der Waals surface area contributed by atoms with Crippen LogP contribution in [0.5, 0.6) is 0 Å². The third-order valence-electron chi connectivity index (χ3n) is 3.13. The van der Waals surface area contributed by atoms with Crippen molar-refractivity contribution in [1.29, 1.82) is 0 Å². The van der Waals surface area contributed by atoms with Crippen LogP contribution < -0.4 is 5.32 Å². The summed E-state index contributed by atoms with van der Waals surface area (Å²) >= 11 is 0. The van der Waals surface area contributed by atoms with E-state index in [0.29, 0.717) is 5.56 Å². The first-order valence-electron chi connectivity index (χ1n) is 6.16. The number of hydrogen-bond acceptors (Lipinski definition) is 3. The molecule has 5 nitrogen and oxygen atoms in total. The van der Waals surface area contributed by atoms with E-state index in [1.807, 2.05) is 0 Å². The van der Waals surface area contributed by atoms with Crippen LogP contribution in [0.25, 0.3) is 0 Å². The highest BCUT2D eigenvalue weighted by molar-refractivity contribution is 5.98. The van der Waals surface area contributed by atoms with E-state index in [4.69, 9.17) is 0 Å². The Morgan fingerprint density at radius 1 is 1.24 bits per heavy atom. The molecule has 0 aliphatic heterocycles. The van der Waals surface area contributed by atoms with Crippen LogP contribution in [0.4, 0.5) is 4.39 Å². The van der Waals surface area contributed by atoms with Crippen molar-refractivity contribution in [3.05, 3.63) is 65.7 Å². The first kappa shape index (κ1) is 14.6. The lowest BCUT2D eigenvalue weighted by Crippen LogP contribution is -2.49. The maximum Gasteiger partial charge on any atom is 0.333 e. The number of aliphatic carboxylic acids is 1. The van der Waals surface area contributed by atoms with Crippen LogP contribution in [-0.4, -0.2) is 22.0 Å². The summed E-state index contributed by atoms with van der Waals surface area (Å²) in [6.45, 7) is 1.38. The number of aromatic nitrogens is 1. The average molecular weight is 288 g/mol. The van der Waals surface area contributed by atoms with Gasteiger partial charge in [0.2, 0.25) is 5.95 Å². The third kappa shape index (κ3) is 3.05. The number of carboxylic acids is 1. The van der Waals surface area contributed by atoms with Crippen molar-refractivity contribution in [3.63, 3.8) is 0 Å². The molecule has 108 valence electrons. The highest BCUT2D eigenvalue weighted by Gasteiger charge is 2.37. The second-order valence-electron chi connectivity index (χ2n) is 4.62. The Bertz CT molecular complexity index is 676. The molecule has 21 heavy (non-hydrogen) atoms. The van der Waals surface area contributed by atoms with Gasteiger partial charge in [-0.15, -0.1) is 0 Å². The number of nitrogens with one attached hydrogen (secondary N) is 1. The van der Waals surface area contributed by atoms with E-state index in [2.05, 4.69) is 10.3 Å². The van der Waals surface area contributed by atoms with Gasteiger partial charge in [0.15, 0.2) is 5.54 Å². The maximum absolute atomic E-state index is 13.0. The molecule has 6 heteroatoms. The Hall–Kier alpha value is -2.76. The zero-order valence-corrected chi connectivity index (χ0v) is 11.2. The third-order valence-corrected chi connectivity index (χ3v) is 3.13. The van der Waals surface area contributed by atoms with Crippen LogP contribution in [0, 0.1) is 5.95 Å². The Kier molecular flexibility index (Phi) is 3.98. The van der Waals surface area contributed by atoms with Gasteiger partial charge in [0.25, 0.3) is 5.91 Å². The van der Waals surface area contributed by atoms with E-state index in [-0.39, 0.29) is 5.56 Å². The molecule has 0 spiro atoms. The summed E-state index contributed by atoms with van der Waals surface area (Å²) in [5.74, 6) is -2.71. The molecule has 0 aliphatic rings. The van der Waals surface area contributed by atoms with E-state index in [9.17, 15) is 19.1 Å². The molecular weight excluding hydrogens is 275 g/mol. The topological polar surface area (TPSA) is 79.3 Å². The second kappa shape index (κ2) is 5.70. The molecule has 0 saturated carbocycles. The van der Waals surface area contributed by atoms with Crippen LogP contribution in [0.1, 0.15) is 22.8 Å². The van der Waals surface area contributed by atoms with Crippen molar-refractivity contribution in [1.82, 2.24) is 10.3 Å². The van der Waals surface area contributed by atoms with Crippen molar-refractivity contribution in [2.75, 3.05) is 0 Å². The monoisotopic (exact) mass is 288 g/mol. The first-order valence-corrected chi connectivity index (χ1v) is 6.16. The van der Waals surface area contributed by atoms with Crippen LogP contribution in [0.3, 0.4) is 0 Å². The fraction of sp³-hybridized carbons (Fsp3) is 0.133. The van der Waals surface area contributed by atoms with Crippen LogP contribution >= 0.6 is 0 Å². The number of rotatable bonds is 4. The summed E-state index contributed by atoms with van der Waals surface area (Å²) in [4.78, 5) is 27.0. The van der Waals surface area contributed by atoms with Gasteiger partial charge >= 0.3 is 5.97 Å². The molecule has 2 N–H and O–H groups in total. The fourth-order valence-electron chi connectivity index (χ4n) is 1.86. The highest BCUT2D eigenvalue weighted by Crippen LogP contribution is 2.21. The molecule has 0 fully saturated rings. The van der Waals surface area contributed by atoms with E-state index < -0.39 is 23.4 Å². The normalized spacial score (nSPS) is 13.2. The first-order chi connectivity index (χ1) is 9.93. The number of pyridine rings is 1. The summed E-state index contributed by atoms with van der Waals surface area (Å²) in [5.41, 5.74) is -1.19. The number of nitrogens with zero attached hydrogens (tertiary/aromatic N) is 1. The number of carbonyl (C=O) groups excluding carboxylic acids is 1. The summed E-state index contributed by atoms with van der Waals surface area (Å²) in [6.07, 6.45) is 1.14. The molecule has 1 unspecified atom stereocenters. The van der Waals surface area contributed by atoms with E-state index >= 15 is 0 Å². The van der Waals surface area contributed by atoms with Crippen LogP contribution in [-0.2, 0) is 10.3 Å². The van der Waals surface area contributed by atoms with Crippen molar-refractivity contribution < 1.29 is 19.1 Å². The molecule has 2 aromatic rings. The number of benzene rings is 1. The Morgan fingerprint density at radius 3 is 2.48 bits per heavy atom. The SMILES string of the molecule is CC(NC(=O)c1ccnc(F)c1)(C(=O)O)c1ccccc1. The molecule has 0 radical (unpaired) electrons. The predicted molar refractivity (Wildman–Crippen MR) is 73.1 cm³/mol. The zero-order chi connectivity index (χ0) is 15.5. The summed E-state index contributed by atoms with van der Waals surface area (Å²) in [5, 5.41) is 11.9. The maximum atomic E-state index is 13.0. The molecule has 1 aromatic heterocycles. The molecule has 1 atom stereocenters. The molecule has 0 aliphatic carbocycles. The number of carbonyl (C=O) groups is 2. The smallest absolute Gasteiger partial charge is 0.333 e. The summed E-state index contributed by atoms with van der Waals surface area (Å²) in [6, 6.07) is 10.5. The van der Waals surface area contributed by atoms with Gasteiger partial charge in [-0.25, -0.2) is 9.78 Å². The van der Waals surface area contributed by atoms with Gasteiger partial charge in [-0.2, -0.15) is 4.39 Å². The lowest BCUT2D eigenvalue weighted by Gasteiger charge is -2.26. The Morgan fingerprint density at radius 2 is 1.90 bits per heavy atom. The van der Waals surface area contributed by atoms with E-state index in [0.717, 1.165) is 12.3 Å². The van der Waals surface area contributed by atoms with Crippen LogP contribution in [0.2, 0.25) is 0 Å². The average Bonchev–Trinajstić information content (AvgIpc) is 2.47. The van der Waals surface area contributed by atoms with E-state index in [1.165, 1.54) is 13.0 Å². The van der Waals surface area contributed by atoms with Crippen LogP contribution in [0.15, 0.2) is 48.7 Å². The lowest BCUT2D eigenvalue weighted by atomic mass is 9.91. The minimum Gasteiger partial charge on any atom is -0.479 e. The number of amides is 1. The van der Waals surface area contributed by atoms with Gasteiger partial charge in [-0.3, -0.25) is 4.79 Å². The molecular formula is C15H13FN2O3. The predicted octanol–water partition coefficient (Wildman–Crippen LogP) is 1.95. The molecule has 1 amide bonds. The second-order valence-corrected chi connectivity index (χ2v) is 4.62. The lowest BCUT2D eigenvalue weighted by molar-refractivity contribution is -0.144. The molecule has 1 heterocycles. The quantitative estimate of drug-likeness (QED) is 0.843. The minimum atomic E-state index is -1.61. The highest BCUT2D eigenvalue weighted by atomic mass is 19.1.